The number of nitrogens with zero attached hydrogens (tertiary/aromatic N) is 1. The number of halogens is 2. The molecule has 3 nitrogen and oxygen atoms in total. The number of hydrogen-bond acceptors (Lipinski definition) is 2. The lowest BCUT2D eigenvalue weighted by Gasteiger charge is -2.13. The molecule has 0 saturated heterocycles. The van der Waals surface area contributed by atoms with Crippen LogP contribution in [0.1, 0.15) is 12.5 Å². The Labute approximate surface area is 108 Å². The number of benzene rings is 1. The van der Waals surface area contributed by atoms with Crippen LogP contribution in [0, 0.1) is 18.6 Å². The molecule has 100 valence electrons. The van der Waals surface area contributed by atoms with Crippen molar-refractivity contribution in [3.63, 3.8) is 0 Å². The molecule has 0 aliphatic heterocycles. The Morgan fingerprint density at radius 2 is 1.79 bits per heavy atom. The first kappa shape index (κ1) is 13.3. The Morgan fingerprint density at radius 3 is 2.32 bits per heavy atom. The zero-order valence-corrected chi connectivity index (χ0v) is 10.6. The maximum atomic E-state index is 13.8. The maximum absolute atomic E-state index is 13.8. The Bertz CT molecular complexity index is 669. The first-order chi connectivity index (χ1) is 8.95. The molecule has 1 heterocycles. The molecule has 1 N–H and O–H groups in total. The number of aromatic nitrogens is 1. The fourth-order valence-corrected chi connectivity index (χ4v) is 2.02. The van der Waals surface area contributed by atoms with Gasteiger partial charge in [-0.05, 0) is 19.9 Å². The highest BCUT2D eigenvalue weighted by atomic mass is 19.1. The van der Waals surface area contributed by atoms with Gasteiger partial charge in [-0.3, -0.25) is 4.79 Å². The Balaban J connectivity index is 2.80. The molecule has 1 aromatic carbocycles. The van der Waals surface area contributed by atoms with E-state index in [1.807, 2.05) is 0 Å². The minimum absolute atomic E-state index is 0.160. The van der Waals surface area contributed by atoms with Gasteiger partial charge in [0.2, 0.25) is 0 Å². The zero-order chi connectivity index (χ0) is 14.2. The number of hydrogen-bond donors (Lipinski definition) is 1. The number of aryl methyl sites for hydroxylation is 1. The van der Waals surface area contributed by atoms with E-state index in [2.05, 4.69) is 0 Å². The van der Waals surface area contributed by atoms with Crippen molar-refractivity contribution in [2.75, 3.05) is 0 Å². The van der Waals surface area contributed by atoms with E-state index in [4.69, 9.17) is 5.11 Å². The van der Waals surface area contributed by atoms with Gasteiger partial charge in [0, 0.05) is 24.2 Å². The predicted octanol–water partition coefficient (Wildman–Crippen LogP) is 2.83. The molecule has 0 aliphatic carbocycles. The van der Waals surface area contributed by atoms with Crippen molar-refractivity contribution in [2.45, 2.75) is 20.4 Å². The quantitative estimate of drug-likeness (QED) is 0.907. The van der Waals surface area contributed by atoms with Crippen LogP contribution >= 0.6 is 0 Å². The number of pyridine rings is 1. The largest absolute Gasteiger partial charge is 0.508 e. The van der Waals surface area contributed by atoms with Crippen LogP contribution in [0.3, 0.4) is 0 Å². The fourth-order valence-electron chi connectivity index (χ4n) is 2.02. The second-order valence-electron chi connectivity index (χ2n) is 4.24. The number of aromatic hydroxyl groups is 1. The summed E-state index contributed by atoms with van der Waals surface area (Å²) in [5.41, 5.74) is 0.0712. The number of rotatable bonds is 2. The Morgan fingerprint density at radius 1 is 1.21 bits per heavy atom. The third-order valence-electron chi connectivity index (χ3n) is 2.96. The van der Waals surface area contributed by atoms with Gasteiger partial charge in [0.05, 0.1) is 11.3 Å². The highest BCUT2D eigenvalue weighted by Crippen LogP contribution is 2.28. The minimum atomic E-state index is -0.900. The summed E-state index contributed by atoms with van der Waals surface area (Å²) in [5.74, 6) is -2.29. The van der Waals surface area contributed by atoms with E-state index in [0.717, 1.165) is 12.1 Å². The maximum Gasteiger partial charge on any atom is 0.253 e. The molecule has 2 aromatic rings. The third-order valence-corrected chi connectivity index (χ3v) is 2.96. The van der Waals surface area contributed by atoms with E-state index in [9.17, 15) is 13.6 Å². The van der Waals surface area contributed by atoms with Gasteiger partial charge in [0.15, 0.2) is 0 Å². The molecule has 0 saturated carbocycles. The number of phenolic OH excluding ortho intramolecular Hbond substituents is 1. The lowest BCUT2D eigenvalue weighted by atomic mass is 10.1. The van der Waals surface area contributed by atoms with E-state index in [1.54, 1.807) is 13.8 Å². The molecule has 2 rings (SSSR count). The SMILES string of the molecule is CCn1c(-c2c(F)cc(O)cc2F)ccc(C)c1=O. The Hall–Kier alpha value is -2.17. The first-order valence-electron chi connectivity index (χ1n) is 5.84. The third kappa shape index (κ3) is 2.23. The summed E-state index contributed by atoms with van der Waals surface area (Å²) >= 11 is 0. The molecule has 0 aliphatic rings. The molecule has 0 radical (unpaired) electrons. The van der Waals surface area contributed by atoms with E-state index in [-0.39, 0.29) is 16.8 Å². The first-order valence-corrected chi connectivity index (χ1v) is 5.84. The summed E-state index contributed by atoms with van der Waals surface area (Å²) in [7, 11) is 0. The molecule has 1 aromatic heterocycles. The Kier molecular flexibility index (Phi) is 3.38. The molecule has 19 heavy (non-hydrogen) atoms. The summed E-state index contributed by atoms with van der Waals surface area (Å²) in [5, 5.41) is 9.14. The van der Waals surface area contributed by atoms with E-state index < -0.39 is 17.4 Å². The number of phenols is 1. The van der Waals surface area contributed by atoms with Crippen LogP contribution in [0.4, 0.5) is 8.78 Å². The van der Waals surface area contributed by atoms with Crippen LogP contribution in [0.2, 0.25) is 0 Å². The van der Waals surface area contributed by atoms with Crippen LogP contribution in [-0.2, 0) is 6.54 Å². The fraction of sp³-hybridized carbons (Fsp3) is 0.214. The van der Waals surface area contributed by atoms with Crippen molar-refractivity contribution in [1.82, 2.24) is 4.57 Å². The van der Waals surface area contributed by atoms with Crippen molar-refractivity contribution < 1.29 is 13.9 Å². The summed E-state index contributed by atoms with van der Waals surface area (Å²) in [6, 6.07) is 4.67. The molecule has 0 unspecified atom stereocenters. The van der Waals surface area contributed by atoms with Crippen molar-refractivity contribution >= 4 is 0 Å². The summed E-state index contributed by atoms with van der Waals surface area (Å²) in [6.07, 6.45) is 0. The molecular formula is C14H13F2NO2. The lowest BCUT2D eigenvalue weighted by Crippen LogP contribution is -2.23. The normalized spacial score (nSPS) is 10.7. The van der Waals surface area contributed by atoms with Gasteiger partial charge >= 0.3 is 0 Å². The second-order valence-corrected chi connectivity index (χ2v) is 4.24. The second kappa shape index (κ2) is 4.84. The van der Waals surface area contributed by atoms with E-state index in [0.29, 0.717) is 12.1 Å². The average Bonchev–Trinajstić information content (AvgIpc) is 2.32. The summed E-state index contributed by atoms with van der Waals surface area (Å²) < 4.78 is 29.0. The smallest absolute Gasteiger partial charge is 0.253 e. The van der Waals surface area contributed by atoms with Gasteiger partial charge in [-0.25, -0.2) is 8.78 Å². The summed E-state index contributed by atoms with van der Waals surface area (Å²) in [6.45, 7) is 3.66. The van der Waals surface area contributed by atoms with Crippen LogP contribution < -0.4 is 5.56 Å². The van der Waals surface area contributed by atoms with Crippen molar-refractivity contribution in [3.8, 4) is 17.0 Å². The van der Waals surface area contributed by atoms with Gasteiger partial charge < -0.3 is 9.67 Å². The van der Waals surface area contributed by atoms with Crippen molar-refractivity contribution in [1.29, 1.82) is 0 Å². The van der Waals surface area contributed by atoms with Crippen LogP contribution in [0.5, 0.6) is 5.75 Å². The highest BCUT2D eigenvalue weighted by molar-refractivity contribution is 5.62. The zero-order valence-electron chi connectivity index (χ0n) is 10.6. The van der Waals surface area contributed by atoms with Gasteiger partial charge in [-0.1, -0.05) is 6.07 Å². The topological polar surface area (TPSA) is 42.2 Å². The highest BCUT2D eigenvalue weighted by Gasteiger charge is 2.17. The monoisotopic (exact) mass is 265 g/mol. The van der Waals surface area contributed by atoms with Crippen molar-refractivity contribution in [3.05, 3.63) is 51.8 Å². The van der Waals surface area contributed by atoms with Gasteiger partial charge in [-0.2, -0.15) is 0 Å². The average molecular weight is 265 g/mol. The van der Waals surface area contributed by atoms with Crippen LogP contribution in [0.15, 0.2) is 29.1 Å². The molecule has 0 atom stereocenters. The van der Waals surface area contributed by atoms with E-state index >= 15 is 0 Å². The molecule has 0 bridgehead atoms. The minimum Gasteiger partial charge on any atom is -0.508 e. The predicted molar refractivity (Wildman–Crippen MR) is 68.1 cm³/mol. The lowest BCUT2D eigenvalue weighted by molar-refractivity contribution is 0.461. The van der Waals surface area contributed by atoms with Crippen LogP contribution in [0.25, 0.3) is 11.3 Å². The van der Waals surface area contributed by atoms with Gasteiger partial charge in [0.1, 0.15) is 17.4 Å². The molecular weight excluding hydrogens is 252 g/mol. The van der Waals surface area contributed by atoms with Crippen molar-refractivity contribution in [2.24, 2.45) is 0 Å². The van der Waals surface area contributed by atoms with Crippen LogP contribution in [-0.4, -0.2) is 9.67 Å². The van der Waals surface area contributed by atoms with E-state index in [1.165, 1.54) is 16.7 Å². The molecule has 5 heteroatoms. The van der Waals surface area contributed by atoms with Gasteiger partial charge in [-0.15, -0.1) is 0 Å². The molecule has 0 spiro atoms. The standard InChI is InChI=1S/C14H13F2NO2/c1-3-17-12(5-4-8(2)14(17)19)13-10(15)6-9(18)7-11(13)16/h4-7,18H,3H2,1-2H3. The molecule has 0 amide bonds. The molecule has 0 fully saturated rings. The van der Waals surface area contributed by atoms with Gasteiger partial charge in [0.25, 0.3) is 5.56 Å². The summed E-state index contributed by atoms with van der Waals surface area (Å²) in [4.78, 5) is 12.0.